The Hall–Kier alpha value is -2.75. The van der Waals surface area contributed by atoms with E-state index in [1.54, 1.807) is 24.3 Å². The third-order valence-corrected chi connectivity index (χ3v) is 4.76. The molecule has 0 unspecified atom stereocenters. The van der Waals surface area contributed by atoms with Crippen LogP contribution < -0.4 is 10.2 Å². The first-order chi connectivity index (χ1) is 13.5. The molecule has 0 aliphatic carbocycles. The van der Waals surface area contributed by atoms with Crippen LogP contribution >= 0.6 is 23.2 Å². The first-order valence-electron chi connectivity index (χ1n) is 8.73. The highest BCUT2D eigenvalue weighted by Crippen LogP contribution is 2.19. The number of hydrogen-bond donors (Lipinski definition) is 1. The Bertz CT molecular complexity index is 1100. The predicted octanol–water partition coefficient (Wildman–Crippen LogP) is 6.41. The second-order valence-electron chi connectivity index (χ2n) is 6.21. The second kappa shape index (κ2) is 9.45. The van der Waals surface area contributed by atoms with Crippen molar-refractivity contribution in [3.05, 3.63) is 110 Å². The number of aryl methyl sites for hydroxylation is 1. The molecule has 1 N–H and O–H groups in total. The number of halogens is 2. The van der Waals surface area contributed by atoms with Gasteiger partial charge >= 0.3 is 0 Å². The van der Waals surface area contributed by atoms with E-state index < -0.39 is 0 Å². The summed E-state index contributed by atoms with van der Waals surface area (Å²) in [4.78, 5) is 15.1. The number of rotatable bonds is 3. The van der Waals surface area contributed by atoms with E-state index in [9.17, 15) is 4.79 Å². The van der Waals surface area contributed by atoms with Crippen molar-refractivity contribution in [3.8, 4) is 5.75 Å². The molecule has 0 spiro atoms. The van der Waals surface area contributed by atoms with Gasteiger partial charge in [-0.2, -0.15) is 0 Å². The number of hydrogen-bond acceptors (Lipinski definition) is 2. The standard InChI is InChI=1S/C17H15NO2.C6H4Cl2/c1-12-9-17(19)15-10-14(7-8-16(15)18-12)20-11-13-5-3-2-4-6-13;7-5-3-1-2-4-6(5)8/h2-10H,11H2,1H3,(H,18,19);1-4H. The Morgan fingerprint density at radius 3 is 2.14 bits per heavy atom. The summed E-state index contributed by atoms with van der Waals surface area (Å²) in [6, 6.07) is 24.3. The van der Waals surface area contributed by atoms with Gasteiger partial charge in [0.1, 0.15) is 12.4 Å². The highest BCUT2D eigenvalue weighted by atomic mass is 35.5. The zero-order valence-corrected chi connectivity index (χ0v) is 16.8. The Balaban J connectivity index is 0.000000236. The van der Waals surface area contributed by atoms with E-state index in [0.29, 0.717) is 27.8 Å². The molecule has 0 amide bonds. The smallest absolute Gasteiger partial charge is 0.189 e. The van der Waals surface area contributed by atoms with Crippen LogP contribution in [0.2, 0.25) is 10.0 Å². The highest BCUT2D eigenvalue weighted by Gasteiger charge is 2.03. The Kier molecular flexibility index (Phi) is 6.75. The maximum absolute atomic E-state index is 12.0. The minimum atomic E-state index is 0.0152. The molecule has 3 nitrogen and oxygen atoms in total. The van der Waals surface area contributed by atoms with Crippen LogP contribution in [-0.2, 0) is 6.61 Å². The van der Waals surface area contributed by atoms with E-state index in [1.807, 2.05) is 61.5 Å². The van der Waals surface area contributed by atoms with Crippen molar-refractivity contribution in [1.82, 2.24) is 4.98 Å². The van der Waals surface area contributed by atoms with Crippen LogP contribution in [0, 0.1) is 6.92 Å². The molecular weight excluding hydrogens is 393 g/mol. The molecule has 0 bridgehead atoms. The van der Waals surface area contributed by atoms with E-state index in [2.05, 4.69) is 4.98 Å². The molecule has 4 aromatic rings. The number of benzene rings is 3. The maximum Gasteiger partial charge on any atom is 0.189 e. The topological polar surface area (TPSA) is 42.1 Å². The molecule has 0 atom stereocenters. The molecule has 3 aromatic carbocycles. The maximum atomic E-state index is 12.0. The van der Waals surface area contributed by atoms with Crippen molar-refractivity contribution in [2.75, 3.05) is 0 Å². The number of aromatic amines is 1. The van der Waals surface area contributed by atoms with Gasteiger partial charge in [0.25, 0.3) is 0 Å². The minimum Gasteiger partial charge on any atom is -0.489 e. The summed E-state index contributed by atoms with van der Waals surface area (Å²) in [7, 11) is 0. The molecule has 0 saturated heterocycles. The molecule has 5 heteroatoms. The van der Waals surface area contributed by atoms with Gasteiger partial charge in [-0.25, -0.2) is 0 Å². The lowest BCUT2D eigenvalue weighted by Gasteiger charge is -2.07. The third-order valence-electron chi connectivity index (χ3n) is 4.01. The average molecular weight is 412 g/mol. The van der Waals surface area contributed by atoms with Gasteiger partial charge in [0, 0.05) is 22.7 Å². The molecule has 1 aromatic heterocycles. The number of aromatic nitrogens is 1. The van der Waals surface area contributed by atoms with Gasteiger partial charge in [-0.1, -0.05) is 65.7 Å². The van der Waals surface area contributed by atoms with Crippen molar-refractivity contribution in [2.24, 2.45) is 0 Å². The van der Waals surface area contributed by atoms with E-state index in [1.165, 1.54) is 0 Å². The number of pyridine rings is 1. The predicted molar refractivity (Wildman–Crippen MR) is 117 cm³/mol. The van der Waals surface area contributed by atoms with Gasteiger partial charge in [0.2, 0.25) is 0 Å². The molecular formula is C23H19Cl2NO2. The minimum absolute atomic E-state index is 0.0152. The largest absolute Gasteiger partial charge is 0.489 e. The van der Waals surface area contributed by atoms with Crippen LogP contribution in [0.1, 0.15) is 11.3 Å². The SMILES string of the molecule is Cc1cc(=O)c2cc(OCc3ccccc3)ccc2[nH]1.Clc1ccccc1Cl. The average Bonchev–Trinajstić information content (AvgIpc) is 2.70. The summed E-state index contributed by atoms with van der Waals surface area (Å²) in [5, 5.41) is 1.87. The lowest BCUT2D eigenvalue weighted by molar-refractivity contribution is 0.306. The van der Waals surface area contributed by atoms with Crippen LogP contribution in [0.15, 0.2) is 83.7 Å². The molecule has 0 saturated carbocycles. The molecule has 1 heterocycles. The monoisotopic (exact) mass is 411 g/mol. The van der Waals surface area contributed by atoms with Gasteiger partial charge in [-0.3, -0.25) is 4.79 Å². The zero-order valence-electron chi connectivity index (χ0n) is 15.3. The zero-order chi connectivity index (χ0) is 19.9. The molecule has 0 fully saturated rings. The van der Waals surface area contributed by atoms with E-state index >= 15 is 0 Å². The van der Waals surface area contributed by atoms with Crippen LogP contribution in [-0.4, -0.2) is 4.98 Å². The van der Waals surface area contributed by atoms with Crippen LogP contribution in [0.25, 0.3) is 10.9 Å². The number of H-pyrrole nitrogens is 1. The first kappa shape index (κ1) is 20.0. The fourth-order valence-electron chi connectivity index (χ4n) is 2.63. The number of nitrogens with one attached hydrogen (secondary N) is 1. The molecule has 0 radical (unpaired) electrons. The molecule has 4 rings (SSSR count). The fourth-order valence-corrected chi connectivity index (χ4v) is 2.90. The number of fused-ring (bicyclic) bond motifs is 1. The molecule has 0 aliphatic rings. The van der Waals surface area contributed by atoms with Crippen LogP contribution in [0.5, 0.6) is 5.75 Å². The van der Waals surface area contributed by atoms with Crippen molar-refractivity contribution in [1.29, 1.82) is 0 Å². The van der Waals surface area contributed by atoms with Gasteiger partial charge in [0.05, 0.1) is 10.0 Å². The Morgan fingerprint density at radius 1 is 0.857 bits per heavy atom. The number of ether oxygens (including phenoxy) is 1. The summed E-state index contributed by atoms with van der Waals surface area (Å²) in [5.41, 5.74) is 2.81. The summed E-state index contributed by atoms with van der Waals surface area (Å²) in [5.74, 6) is 0.704. The van der Waals surface area contributed by atoms with Crippen LogP contribution in [0.4, 0.5) is 0 Å². The van der Waals surface area contributed by atoms with Crippen molar-refractivity contribution in [3.63, 3.8) is 0 Å². The van der Waals surface area contributed by atoms with Crippen LogP contribution in [0.3, 0.4) is 0 Å². The normalized spacial score (nSPS) is 10.2. The summed E-state index contributed by atoms with van der Waals surface area (Å²) in [6.45, 7) is 2.37. The summed E-state index contributed by atoms with van der Waals surface area (Å²) in [6.07, 6.45) is 0. The second-order valence-corrected chi connectivity index (χ2v) is 7.03. The quantitative estimate of drug-likeness (QED) is 0.423. The van der Waals surface area contributed by atoms with Gasteiger partial charge < -0.3 is 9.72 Å². The molecule has 28 heavy (non-hydrogen) atoms. The van der Waals surface area contributed by atoms with Gasteiger partial charge in [0.15, 0.2) is 5.43 Å². The van der Waals surface area contributed by atoms with Crippen molar-refractivity contribution < 1.29 is 4.74 Å². The Morgan fingerprint density at radius 2 is 1.50 bits per heavy atom. The van der Waals surface area contributed by atoms with Crippen molar-refractivity contribution >= 4 is 34.1 Å². The van der Waals surface area contributed by atoms with E-state index in [0.717, 1.165) is 16.8 Å². The summed E-state index contributed by atoms with van der Waals surface area (Å²) >= 11 is 11.2. The van der Waals surface area contributed by atoms with Gasteiger partial charge in [-0.05, 0) is 42.8 Å². The highest BCUT2D eigenvalue weighted by molar-refractivity contribution is 6.41. The third kappa shape index (κ3) is 5.38. The van der Waals surface area contributed by atoms with Gasteiger partial charge in [-0.15, -0.1) is 0 Å². The Labute approximate surface area is 173 Å². The molecule has 0 aliphatic heterocycles. The first-order valence-corrected chi connectivity index (χ1v) is 9.49. The van der Waals surface area contributed by atoms with Crippen molar-refractivity contribution in [2.45, 2.75) is 13.5 Å². The van der Waals surface area contributed by atoms with E-state index in [-0.39, 0.29) is 5.43 Å². The summed E-state index contributed by atoms with van der Waals surface area (Å²) < 4.78 is 5.73. The molecule has 142 valence electrons. The van der Waals surface area contributed by atoms with E-state index in [4.69, 9.17) is 27.9 Å². The lowest BCUT2D eigenvalue weighted by atomic mass is 10.2. The lowest BCUT2D eigenvalue weighted by Crippen LogP contribution is -2.03. The fraction of sp³-hybridized carbons (Fsp3) is 0.0870.